The van der Waals surface area contributed by atoms with Crippen molar-refractivity contribution in [3.8, 4) is 11.5 Å². The number of allylic oxidation sites excluding steroid dienone is 2. The Morgan fingerprint density at radius 3 is 2.46 bits per heavy atom. The van der Waals surface area contributed by atoms with Gasteiger partial charge in [-0.05, 0) is 58.8 Å². The Morgan fingerprint density at radius 2 is 1.88 bits per heavy atom. The van der Waals surface area contributed by atoms with Gasteiger partial charge in [-0.3, -0.25) is 9.59 Å². The highest BCUT2D eigenvalue weighted by molar-refractivity contribution is 9.10. The number of nitrogens with zero attached hydrogens (tertiary/aromatic N) is 2. The van der Waals surface area contributed by atoms with Crippen molar-refractivity contribution in [3.05, 3.63) is 34.3 Å². The zero-order chi connectivity index (χ0) is 18.4. The van der Waals surface area contributed by atoms with Gasteiger partial charge >= 0.3 is 0 Å². The molecule has 1 aromatic carbocycles. The molecule has 1 saturated carbocycles. The summed E-state index contributed by atoms with van der Waals surface area (Å²) in [6, 6.07) is 3.58. The zero-order valence-corrected chi connectivity index (χ0v) is 16.1. The summed E-state index contributed by atoms with van der Waals surface area (Å²) in [4.78, 5) is 25.3. The fourth-order valence-corrected chi connectivity index (χ4v) is 4.87. The normalized spacial score (nSPS) is 29.1. The minimum absolute atomic E-state index is 0.182. The van der Waals surface area contributed by atoms with E-state index in [1.807, 2.05) is 13.0 Å². The van der Waals surface area contributed by atoms with Crippen LogP contribution in [0.1, 0.15) is 18.9 Å². The Kier molecular flexibility index (Phi) is 4.34. The molecule has 1 aromatic rings. The lowest BCUT2D eigenvalue weighted by Crippen LogP contribution is -2.28. The molecular weight excluding hydrogens is 400 g/mol. The zero-order valence-electron chi connectivity index (χ0n) is 14.5. The summed E-state index contributed by atoms with van der Waals surface area (Å²) in [5.74, 6) is 0.671. The van der Waals surface area contributed by atoms with Gasteiger partial charge in [-0.15, -0.1) is 0 Å². The molecule has 0 unspecified atom stereocenters. The number of methoxy groups -OCH3 is 1. The third-order valence-electron chi connectivity index (χ3n) is 5.31. The van der Waals surface area contributed by atoms with Crippen LogP contribution in [0.25, 0.3) is 0 Å². The van der Waals surface area contributed by atoms with Crippen LogP contribution in [0.4, 0.5) is 0 Å². The Hall–Kier alpha value is -2.15. The number of benzene rings is 1. The van der Waals surface area contributed by atoms with E-state index in [9.17, 15) is 9.59 Å². The lowest BCUT2D eigenvalue weighted by molar-refractivity contribution is -0.140. The van der Waals surface area contributed by atoms with Gasteiger partial charge in [0.25, 0.3) is 11.8 Å². The van der Waals surface area contributed by atoms with Gasteiger partial charge in [0.2, 0.25) is 0 Å². The van der Waals surface area contributed by atoms with Crippen LogP contribution in [0.5, 0.6) is 11.5 Å². The summed E-state index contributed by atoms with van der Waals surface area (Å²) in [5.41, 5.74) is 0.708. The maximum Gasteiger partial charge on any atom is 0.254 e. The molecule has 2 aliphatic carbocycles. The van der Waals surface area contributed by atoms with E-state index >= 15 is 0 Å². The number of rotatable bonds is 5. The molecule has 1 aliphatic heterocycles. The quantitative estimate of drug-likeness (QED) is 0.418. The molecule has 1 heterocycles. The highest BCUT2D eigenvalue weighted by atomic mass is 79.9. The van der Waals surface area contributed by atoms with Crippen molar-refractivity contribution >= 4 is 34.0 Å². The molecule has 2 bridgehead atoms. The van der Waals surface area contributed by atoms with Crippen LogP contribution in [0.15, 0.2) is 33.9 Å². The lowest BCUT2D eigenvalue weighted by Gasteiger charge is -2.13. The molecule has 26 heavy (non-hydrogen) atoms. The van der Waals surface area contributed by atoms with E-state index < -0.39 is 0 Å². The van der Waals surface area contributed by atoms with Crippen LogP contribution in [-0.2, 0) is 9.59 Å². The average molecular weight is 419 g/mol. The van der Waals surface area contributed by atoms with Crippen LogP contribution in [0.3, 0.4) is 0 Å². The number of imide groups is 1. The fourth-order valence-electron chi connectivity index (χ4n) is 4.25. The number of carbonyl (C=O) groups is 2. The molecule has 0 aromatic heterocycles. The summed E-state index contributed by atoms with van der Waals surface area (Å²) in [5, 5.41) is 5.24. The number of fused-ring (bicyclic) bond motifs is 5. The van der Waals surface area contributed by atoms with Crippen LogP contribution >= 0.6 is 15.9 Å². The molecule has 0 N–H and O–H groups in total. The smallest absolute Gasteiger partial charge is 0.254 e. The first-order valence-corrected chi connectivity index (χ1v) is 9.45. The van der Waals surface area contributed by atoms with Crippen molar-refractivity contribution < 1.29 is 19.1 Å². The van der Waals surface area contributed by atoms with Crippen LogP contribution in [-0.4, -0.2) is 36.8 Å². The first-order valence-electron chi connectivity index (χ1n) is 8.65. The average Bonchev–Trinajstić information content (AvgIpc) is 3.28. The van der Waals surface area contributed by atoms with Gasteiger partial charge in [-0.25, -0.2) is 0 Å². The van der Waals surface area contributed by atoms with Crippen LogP contribution < -0.4 is 9.47 Å². The molecule has 0 radical (unpaired) electrons. The summed E-state index contributed by atoms with van der Waals surface area (Å²) in [7, 11) is 1.57. The second kappa shape index (κ2) is 6.54. The minimum atomic E-state index is -0.240. The van der Waals surface area contributed by atoms with E-state index in [0.717, 1.165) is 11.4 Å². The maximum absolute atomic E-state index is 12.6. The van der Waals surface area contributed by atoms with E-state index in [2.05, 4.69) is 33.2 Å². The van der Waals surface area contributed by atoms with Gasteiger partial charge in [0, 0.05) is 0 Å². The molecule has 0 spiro atoms. The predicted octanol–water partition coefficient (Wildman–Crippen LogP) is 3.00. The third kappa shape index (κ3) is 2.57. The van der Waals surface area contributed by atoms with E-state index in [1.54, 1.807) is 13.2 Å². The van der Waals surface area contributed by atoms with Crippen molar-refractivity contribution in [2.24, 2.45) is 28.8 Å². The number of amides is 2. The first kappa shape index (κ1) is 17.3. The highest BCUT2D eigenvalue weighted by Crippen LogP contribution is 2.52. The molecule has 4 atom stereocenters. The van der Waals surface area contributed by atoms with Crippen molar-refractivity contribution in [1.82, 2.24) is 5.01 Å². The third-order valence-corrected chi connectivity index (χ3v) is 5.89. The minimum Gasteiger partial charge on any atom is -0.492 e. The number of hydrogen-bond acceptors (Lipinski definition) is 5. The Balaban J connectivity index is 1.59. The van der Waals surface area contributed by atoms with Gasteiger partial charge < -0.3 is 9.47 Å². The van der Waals surface area contributed by atoms with Crippen LogP contribution in [0.2, 0.25) is 0 Å². The van der Waals surface area contributed by atoms with Gasteiger partial charge in [0.1, 0.15) is 0 Å². The predicted molar refractivity (Wildman–Crippen MR) is 99.0 cm³/mol. The molecule has 136 valence electrons. The molecule has 2 fully saturated rings. The standard InChI is InChI=1S/C19H19BrN2O4/c1-3-26-14-7-10(6-13(20)17(14)25-2)9-21-22-18(23)15-11-4-5-12(8-11)16(15)19(22)24/h4-7,9,11-12,15-16H,3,8H2,1-2H3/b21-9-/t11-,12-,15-,16-/m0/s1. The maximum atomic E-state index is 12.6. The second-order valence-corrected chi connectivity index (χ2v) is 7.55. The van der Waals surface area contributed by atoms with E-state index in [4.69, 9.17) is 9.47 Å². The molecule has 3 aliphatic rings. The molecular formula is C19H19BrN2O4. The van der Waals surface area contributed by atoms with Crippen molar-refractivity contribution in [2.45, 2.75) is 13.3 Å². The Labute approximate surface area is 160 Å². The summed E-state index contributed by atoms with van der Waals surface area (Å²) in [6.07, 6.45) is 6.56. The number of ether oxygens (including phenoxy) is 2. The molecule has 4 rings (SSSR count). The second-order valence-electron chi connectivity index (χ2n) is 6.70. The van der Waals surface area contributed by atoms with E-state index in [0.29, 0.717) is 28.1 Å². The largest absolute Gasteiger partial charge is 0.492 e. The monoisotopic (exact) mass is 418 g/mol. The Morgan fingerprint density at radius 1 is 1.23 bits per heavy atom. The van der Waals surface area contributed by atoms with Crippen molar-refractivity contribution in [2.75, 3.05) is 13.7 Å². The van der Waals surface area contributed by atoms with Gasteiger partial charge in [-0.1, -0.05) is 12.2 Å². The number of halogens is 1. The Bertz CT molecular complexity index is 805. The fraction of sp³-hybridized carbons (Fsp3) is 0.421. The van der Waals surface area contributed by atoms with E-state index in [1.165, 1.54) is 6.21 Å². The summed E-state index contributed by atoms with van der Waals surface area (Å²) >= 11 is 3.45. The molecule has 7 heteroatoms. The number of hydrazone groups is 1. The topological polar surface area (TPSA) is 68.2 Å². The molecule has 6 nitrogen and oxygen atoms in total. The lowest BCUT2D eigenvalue weighted by atomic mass is 9.85. The number of carbonyl (C=O) groups excluding carboxylic acids is 2. The highest BCUT2D eigenvalue weighted by Gasteiger charge is 2.59. The molecule has 2 amide bonds. The van der Waals surface area contributed by atoms with Gasteiger partial charge in [0.05, 0.1) is 36.2 Å². The van der Waals surface area contributed by atoms with Gasteiger partial charge in [-0.2, -0.15) is 10.1 Å². The SMILES string of the molecule is CCOc1cc(/C=N\N2C(=O)[C@@H]3[C@@H](C2=O)[C@H]2C=C[C@H]3C2)cc(Br)c1OC. The van der Waals surface area contributed by atoms with E-state index in [-0.39, 0.29) is 35.5 Å². The van der Waals surface area contributed by atoms with Crippen LogP contribution in [0, 0.1) is 23.7 Å². The first-order chi connectivity index (χ1) is 12.5. The number of hydrogen-bond donors (Lipinski definition) is 0. The molecule has 1 saturated heterocycles. The van der Waals surface area contributed by atoms with Gasteiger partial charge in [0.15, 0.2) is 11.5 Å². The van der Waals surface area contributed by atoms with Crippen molar-refractivity contribution in [3.63, 3.8) is 0 Å². The summed E-state index contributed by atoms with van der Waals surface area (Å²) in [6.45, 7) is 2.38. The van der Waals surface area contributed by atoms with Crippen molar-refractivity contribution in [1.29, 1.82) is 0 Å². The summed E-state index contributed by atoms with van der Waals surface area (Å²) < 4.78 is 11.6.